The Bertz CT molecular complexity index is 363. The third-order valence-corrected chi connectivity index (χ3v) is 3.02. The first-order chi connectivity index (χ1) is 8.98. The van der Waals surface area contributed by atoms with E-state index in [0.717, 1.165) is 19.6 Å². The summed E-state index contributed by atoms with van der Waals surface area (Å²) in [4.78, 5) is 6.76. The molecule has 1 heterocycles. The molecule has 0 spiro atoms. The Morgan fingerprint density at radius 3 is 2.32 bits per heavy atom. The second kappa shape index (κ2) is 7.49. The fraction of sp³-hybridized carbons (Fsp3) is 0.688. The molecule has 0 amide bonds. The van der Waals surface area contributed by atoms with E-state index in [-0.39, 0.29) is 5.54 Å². The van der Waals surface area contributed by atoms with Gasteiger partial charge in [0.1, 0.15) is 0 Å². The maximum absolute atomic E-state index is 4.31. The molecule has 1 rings (SSSR count). The SMILES string of the molecule is CCCN(CCC)c1cnccc1CNC(C)(C)C. The molecule has 0 unspecified atom stereocenters. The Kier molecular flexibility index (Phi) is 6.29. The van der Waals surface area contributed by atoms with E-state index in [9.17, 15) is 0 Å². The number of hydrogen-bond donors (Lipinski definition) is 1. The molecule has 0 aliphatic rings. The van der Waals surface area contributed by atoms with Gasteiger partial charge in [0.25, 0.3) is 0 Å². The molecule has 0 saturated heterocycles. The van der Waals surface area contributed by atoms with Gasteiger partial charge >= 0.3 is 0 Å². The van der Waals surface area contributed by atoms with Gasteiger partial charge in [0.05, 0.1) is 11.9 Å². The van der Waals surface area contributed by atoms with E-state index < -0.39 is 0 Å². The lowest BCUT2D eigenvalue weighted by atomic mass is 10.1. The number of aromatic nitrogens is 1. The second-order valence-electron chi connectivity index (χ2n) is 6.09. The Labute approximate surface area is 118 Å². The monoisotopic (exact) mass is 263 g/mol. The predicted octanol–water partition coefficient (Wildman–Crippen LogP) is 3.60. The van der Waals surface area contributed by atoms with E-state index >= 15 is 0 Å². The summed E-state index contributed by atoms with van der Waals surface area (Å²) in [5.74, 6) is 0. The smallest absolute Gasteiger partial charge is 0.0598 e. The topological polar surface area (TPSA) is 28.2 Å². The predicted molar refractivity (Wildman–Crippen MR) is 83.6 cm³/mol. The molecule has 1 aromatic heterocycles. The van der Waals surface area contributed by atoms with Gasteiger partial charge in [0.2, 0.25) is 0 Å². The van der Waals surface area contributed by atoms with Crippen molar-refractivity contribution in [2.24, 2.45) is 0 Å². The van der Waals surface area contributed by atoms with Crippen LogP contribution in [0.2, 0.25) is 0 Å². The van der Waals surface area contributed by atoms with Crippen LogP contribution in [0.25, 0.3) is 0 Å². The molecule has 0 fully saturated rings. The molecule has 0 radical (unpaired) electrons. The molecular weight excluding hydrogens is 234 g/mol. The van der Waals surface area contributed by atoms with Crippen LogP contribution in [0.4, 0.5) is 5.69 Å². The maximum atomic E-state index is 4.31. The first-order valence-corrected chi connectivity index (χ1v) is 7.40. The van der Waals surface area contributed by atoms with Crippen LogP contribution in [-0.4, -0.2) is 23.6 Å². The number of anilines is 1. The van der Waals surface area contributed by atoms with Crippen LogP contribution in [0.3, 0.4) is 0 Å². The van der Waals surface area contributed by atoms with Crippen molar-refractivity contribution in [3.63, 3.8) is 0 Å². The lowest BCUT2D eigenvalue weighted by Crippen LogP contribution is -2.36. The highest BCUT2D eigenvalue weighted by atomic mass is 15.1. The van der Waals surface area contributed by atoms with Crippen molar-refractivity contribution in [2.75, 3.05) is 18.0 Å². The quantitative estimate of drug-likeness (QED) is 0.814. The van der Waals surface area contributed by atoms with Gasteiger partial charge in [-0.15, -0.1) is 0 Å². The number of rotatable bonds is 7. The Balaban J connectivity index is 2.86. The minimum Gasteiger partial charge on any atom is -0.370 e. The molecule has 3 nitrogen and oxygen atoms in total. The van der Waals surface area contributed by atoms with Gasteiger partial charge in [-0.3, -0.25) is 4.98 Å². The van der Waals surface area contributed by atoms with Crippen molar-refractivity contribution in [3.05, 3.63) is 24.0 Å². The molecule has 0 aliphatic heterocycles. The average molecular weight is 263 g/mol. The highest BCUT2D eigenvalue weighted by Crippen LogP contribution is 2.20. The fourth-order valence-electron chi connectivity index (χ4n) is 2.10. The third kappa shape index (κ3) is 5.60. The van der Waals surface area contributed by atoms with Gasteiger partial charge in [-0.2, -0.15) is 0 Å². The zero-order valence-corrected chi connectivity index (χ0v) is 13.2. The van der Waals surface area contributed by atoms with Crippen molar-refractivity contribution < 1.29 is 0 Å². The summed E-state index contributed by atoms with van der Waals surface area (Å²) in [7, 11) is 0. The molecule has 1 aromatic rings. The molecule has 0 aliphatic carbocycles. The van der Waals surface area contributed by atoms with E-state index in [4.69, 9.17) is 0 Å². The first kappa shape index (κ1) is 16.0. The summed E-state index contributed by atoms with van der Waals surface area (Å²) in [6.45, 7) is 14.1. The van der Waals surface area contributed by atoms with Gasteiger partial charge in [0.15, 0.2) is 0 Å². The Morgan fingerprint density at radius 1 is 1.16 bits per heavy atom. The normalized spacial score (nSPS) is 11.6. The molecular formula is C16H29N3. The van der Waals surface area contributed by atoms with Crippen LogP contribution in [-0.2, 0) is 6.54 Å². The van der Waals surface area contributed by atoms with Crippen molar-refractivity contribution in [1.82, 2.24) is 10.3 Å². The summed E-state index contributed by atoms with van der Waals surface area (Å²) in [6, 6.07) is 2.13. The number of pyridine rings is 1. The van der Waals surface area contributed by atoms with Crippen LogP contribution >= 0.6 is 0 Å². The first-order valence-electron chi connectivity index (χ1n) is 7.40. The highest BCUT2D eigenvalue weighted by Gasteiger charge is 2.13. The molecule has 0 saturated carbocycles. The largest absolute Gasteiger partial charge is 0.370 e. The van der Waals surface area contributed by atoms with Gasteiger partial charge in [0, 0.05) is 31.4 Å². The minimum absolute atomic E-state index is 0.140. The summed E-state index contributed by atoms with van der Waals surface area (Å²) >= 11 is 0. The van der Waals surface area contributed by atoms with Crippen molar-refractivity contribution >= 4 is 5.69 Å². The van der Waals surface area contributed by atoms with Crippen LogP contribution in [0.15, 0.2) is 18.5 Å². The van der Waals surface area contributed by atoms with Gasteiger partial charge in [-0.25, -0.2) is 0 Å². The molecule has 0 bridgehead atoms. The standard InChI is InChI=1S/C16H29N3/c1-6-10-19(11-7-2)15-13-17-9-8-14(15)12-18-16(3,4)5/h8-9,13,18H,6-7,10-12H2,1-5H3. The van der Waals surface area contributed by atoms with Crippen molar-refractivity contribution in [1.29, 1.82) is 0 Å². The lowest BCUT2D eigenvalue weighted by molar-refractivity contribution is 0.424. The minimum atomic E-state index is 0.140. The summed E-state index contributed by atoms with van der Waals surface area (Å²) in [5, 5.41) is 3.56. The molecule has 108 valence electrons. The highest BCUT2D eigenvalue weighted by molar-refractivity contribution is 5.51. The Hall–Kier alpha value is -1.09. The molecule has 19 heavy (non-hydrogen) atoms. The van der Waals surface area contributed by atoms with E-state index in [0.29, 0.717) is 0 Å². The molecule has 0 aromatic carbocycles. The number of hydrogen-bond acceptors (Lipinski definition) is 3. The van der Waals surface area contributed by atoms with E-state index in [1.807, 2.05) is 12.4 Å². The van der Waals surface area contributed by atoms with Crippen LogP contribution in [0.5, 0.6) is 0 Å². The Morgan fingerprint density at radius 2 is 1.79 bits per heavy atom. The third-order valence-electron chi connectivity index (χ3n) is 3.02. The van der Waals surface area contributed by atoms with E-state index in [1.54, 1.807) is 0 Å². The number of nitrogens with zero attached hydrogens (tertiary/aromatic N) is 2. The zero-order chi connectivity index (χ0) is 14.3. The van der Waals surface area contributed by atoms with E-state index in [2.05, 4.69) is 55.9 Å². The zero-order valence-electron chi connectivity index (χ0n) is 13.2. The fourth-order valence-corrected chi connectivity index (χ4v) is 2.10. The molecule has 3 heteroatoms. The maximum Gasteiger partial charge on any atom is 0.0598 e. The average Bonchev–Trinajstić information content (AvgIpc) is 2.36. The van der Waals surface area contributed by atoms with Crippen LogP contribution in [0.1, 0.15) is 53.0 Å². The van der Waals surface area contributed by atoms with Crippen LogP contribution < -0.4 is 10.2 Å². The van der Waals surface area contributed by atoms with Crippen LogP contribution in [0, 0.1) is 0 Å². The van der Waals surface area contributed by atoms with Crippen molar-refractivity contribution in [3.8, 4) is 0 Å². The van der Waals surface area contributed by atoms with Gasteiger partial charge < -0.3 is 10.2 Å². The lowest BCUT2D eigenvalue weighted by Gasteiger charge is -2.27. The number of nitrogens with one attached hydrogen (secondary N) is 1. The second-order valence-corrected chi connectivity index (χ2v) is 6.09. The summed E-state index contributed by atoms with van der Waals surface area (Å²) in [6.07, 6.45) is 6.23. The molecule has 0 atom stereocenters. The van der Waals surface area contributed by atoms with Gasteiger partial charge in [-0.05, 0) is 45.2 Å². The summed E-state index contributed by atoms with van der Waals surface area (Å²) in [5.41, 5.74) is 2.76. The van der Waals surface area contributed by atoms with Crippen molar-refractivity contribution in [2.45, 2.75) is 59.5 Å². The molecule has 1 N–H and O–H groups in total. The van der Waals surface area contributed by atoms with E-state index in [1.165, 1.54) is 24.1 Å². The summed E-state index contributed by atoms with van der Waals surface area (Å²) < 4.78 is 0. The van der Waals surface area contributed by atoms with Gasteiger partial charge in [-0.1, -0.05) is 13.8 Å².